The van der Waals surface area contributed by atoms with E-state index in [4.69, 9.17) is 17.3 Å². The number of halogens is 5. The van der Waals surface area contributed by atoms with Gasteiger partial charge in [0.1, 0.15) is 17.5 Å². The van der Waals surface area contributed by atoms with Crippen molar-refractivity contribution in [3.05, 3.63) is 68.4 Å². The first-order valence-electron chi connectivity index (χ1n) is 5.25. The van der Waals surface area contributed by atoms with Crippen LogP contribution in [0, 0.1) is 17.5 Å². The van der Waals surface area contributed by atoms with Crippen molar-refractivity contribution in [2.45, 2.75) is 6.04 Å². The minimum absolute atomic E-state index is 0.0678. The van der Waals surface area contributed by atoms with Crippen LogP contribution in [0.4, 0.5) is 13.2 Å². The molecular weight excluding hydrogens is 343 g/mol. The maximum Gasteiger partial charge on any atom is 0.148 e. The van der Waals surface area contributed by atoms with Crippen LogP contribution >= 0.6 is 27.5 Å². The van der Waals surface area contributed by atoms with Gasteiger partial charge in [-0.3, -0.25) is 0 Å². The fraction of sp³-hybridized carbons (Fsp3) is 0.0769. The molecule has 0 heterocycles. The van der Waals surface area contributed by atoms with Crippen LogP contribution in [0.1, 0.15) is 17.2 Å². The summed E-state index contributed by atoms with van der Waals surface area (Å²) >= 11 is 8.83. The lowest BCUT2D eigenvalue weighted by molar-refractivity contribution is 0.571. The normalized spacial score (nSPS) is 12.5. The van der Waals surface area contributed by atoms with Gasteiger partial charge in [0.15, 0.2) is 0 Å². The van der Waals surface area contributed by atoms with Crippen molar-refractivity contribution in [1.82, 2.24) is 0 Å². The number of nitrogens with two attached hydrogens (primary N) is 1. The average Bonchev–Trinajstić information content (AvgIpc) is 2.34. The second-order valence-electron chi connectivity index (χ2n) is 3.95. The van der Waals surface area contributed by atoms with Crippen LogP contribution in [0.25, 0.3) is 0 Å². The third kappa shape index (κ3) is 2.94. The minimum Gasteiger partial charge on any atom is -0.320 e. The zero-order valence-electron chi connectivity index (χ0n) is 9.43. The van der Waals surface area contributed by atoms with E-state index in [-0.39, 0.29) is 16.1 Å². The molecule has 2 N–H and O–H groups in total. The Kier molecular flexibility index (Phi) is 4.18. The number of benzene rings is 2. The van der Waals surface area contributed by atoms with E-state index in [2.05, 4.69) is 15.9 Å². The highest BCUT2D eigenvalue weighted by atomic mass is 79.9. The van der Waals surface area contributed by atoms with Gasteiger partial charge in [0.05, 0.1) is 11.1 Å². The van der Waals surface area contributed by atoms with Gasteiger partial charge in [0, 0.05) is 16.1 Å². The molecule has 0 saturated carbocycles. The van der Waals surface area contributed by atoms with E-state index < -0.39 is 23.5 Å². The van der Waals surface area contributed by atoms with Gasteiger partial charge in [0.25, 0.3) is 0 Å². The Labute approximate surface area is 121 Å². The van der Waals surface area contributed by atoms with Crippen molar-refractivity contribution in [2.24, 2.45) is 5.73 Å². The Morgan fingerprint density at radius 3 is 2.21 bits per heavy atom. The molecule has 0 spiro atoms. The average molecular weight is 351 g/mol. The Hall–Kier alpha value is -1.04. The van der Waals surface area contributed by atoms with Gasteiger partial charge >= 0.3 is 0 Å². The summed E-state index contributed by atoms with van der Waals surface area (Å²) < 4.78 is 40.6. The third-order valence-corrected chi connectivity index (χ3v) is 3.90. The fourth-order valence-electron chi connectivity index (χ4n) is 1.72. The lowest BCUT2D eigenvalue weighted by Gasteiger charge is -2.15. The summed E-state index contributed by atoms with van der Waals surface area (Å²) in [6.07, 6.45) is 0. The molecule has 2 aromatic rings. The van der Waals surface area contributed by atoms with Crippen LogP contribution in [0.15, 0.2) is 34.8 Å². The molecule has 0 aromatic heterocycles. The maximum atomic E-state index is 14.0. The molecule has 0 aliphatic rings. The molecule has 0 fully saturated rings. The number of hydrogen-bond acceptors (Lipinski definition) is 1. The lowest BCUT2D eigenvalue weighted by atomic mass is 9.99. The van der Waals surface area contributed by atoms with Gasteiger partial charge in [-0.2, -0.15) is 0 Å². The van der Waals surface area contributed by atoms with E-state index >= 15 is 0 Å². The Bertz CT molecular complexity index is 613. The SMILES string of the molecule is NC(c1cc(F)cc(F)c1)c1ccc(Br)c(Cl)c1F. The molecule has 0 amide bonds. The summed E-state index contributed by atoms with van der Waals surface area (Å²) in [5, 5.41) is -0.121. The lowest BCUT2D eigenvalue weighted by Crippen LogP contribution is -2.14. The highest BCUT2D eigenvalue weighted by Gasteiger charge is 2.18. The first kappa shape index (κ1) is 14.4. The topological polar surface area (TPSA) is 26.0 Å². The molecule has 2 aromatic carbocycles. The Balaban J connectivity index is 2.50. The highest BCUT2D eigenvalue weighted by Crippen LogP contribution is 2.32. The fourth-order valence-corrected chi connectivity index (χ4v) is 2.19. The van der Waals surface area contributed by atoms with Crippen molar-refractivity contribution in [3.63, 3.8) is 0 Å². The van der Waals surface area contributed by atoms with Crippen LogP contribution in [0.5, 0.6) is 0 Å². The van der Waals surface area contributed by atoms with Crippen LogP contribution in [-0.2, 0) is 0 Å². The maximum absolute atomic E-state index is 14.0. The second kappa shape index (κ2) is 5.53. The van der Waals surface area contributed by atoms with Crippen LogP contribution in [0.2, 0.25) is 5.02 Å². The van der Waals surface area contributed by atoms with Crippen LogP contribution in [-0.4, -0.2) is 0 Å². The molecular formula is C13H8BrClF3N. The standard InChI is InChI=1S/C13H8BrClF3N/c14-10-2-1-9(12(18)11(10)15)13(19)6-3-7(16)5-8(17)4-6/h1-5,13H,19H2. The molecule has 1 atom stereocenters. The summed E-state index contributed by atoms with van der Waals surface area (Å²) in [5.41, 5.74) is 6.03. The van der Waals surface area contributed by atoms with E-state index in [1.165, 1.54) is 12.1 Å². The Morgan fingerprint density at radius 1 is 1.05 bits per heavy atom. The van der Waals surface area contributed by atoms with Gasteiger partial charge < -0.3 is 5.73 Å². The van der Waals surface area contributed by atoms with Gasteiger partial charge in [-0.25, -0.2) is 13.2 Å². The Morgan fingerprint density at radius 2 is 1.63 bits per heavy atom. The van der Waals surface area contributed by atoms with E-state index in [1.807, 2.05) is 0 Å². The van der Waals surface area contributed by atoms with E-state index in [9.17, 15) is 13.2 Å². The molecule has 0 radical (unpaired) electrons. The van der Waals surface area contributed by atoms with Gasteiger partial charge in [-0.1, -0.05) is 17.7 Å². The zero-order chi connectivity index (χ0) is 14.2. The van der Waals surface area contributed by atoms with Crippen molar-refractivity contribution in [2.75, 3.05) is 0 Å². The van der Waals surface area contributed by atoms with Crippen LogP contribution < -0.4 is 5.73 Å². The number of rotatable bonds is 2. The minimum atomic E-state index is -1.00. The molecule has 0 saturated heterocycles. The second-order valence-corrected chi connectivity index (χ2v) is 5.18. The summed E-state index contributed by atoms with van der Waals surface area (Å²) in [6, 6.07) is 4.78. The molecule has 1 nitrogen and oxygen atoms in total. The van der Waals surface area contributed by atoms with Gasteiger partial charge in [-0.05, 0) is 39.7 Å². The molecule has 1 unspecified atom stereocenters. The summed E-state index contributed by atoms with van der Waals surface area (Å²) in [7, 11) is 0. The number of hydrogen-bond donors (Lipinski definition) is 1. The molecule has 0 aliphatic carbocycles. The van der Waals surface area contributed by atoms with Crippen molar-refractivity contribution in [1.29, 1.82) is 0 Å². The molecule has 19 heavy (non-hydrogen) atoms. The molecule has 0 bridgehead atoms. The van der Waals surface area contributed by atoms with Crippen LogP contribution in [0.3, 0.4) is 0 Å². The molecule has 100 valence electrons. The zero-order valence-corrected chi connectivity index (χ0v) is 11.8. The predicted octanol–water partition coefficient (Wildman–Crippen LogP) is 4.57. The smallest absolute Gasteiger partial charge is 0.148 e. The largest absolute Gasteiger partial charge is 0.320 e. The highest BCUT2D eigenvalue weighted by molar-refractivity contribution is 9.10. The first-order chi connectivity index (χ1) is 8.90. The molecule has 0 aliphatic heterocycles. The van der Waals surface area contributed by atoms with Gasteiger partial charge in [-0.15, -0.1) is 0 Å². The summed E-state index contributed by atoms with van der Waals surface area (Å²) in [6.45, 7) is 0. The summed E-state index contributed by atoms with van der Waals surface area (Å²) in [5.74, 6) is -2.25. The van der Waals surface area contributed by atoms with E-state index in [1.54, 1.807) is 0 Å². The molecule has 2 rings (SSSR count). The monoisotopic (exact) mass is 349 g/mol. The van der Waals surface area contributed by atoms with E-state index in [0.717, 1.165) is 18.2 Å². The predicted molar refractivity (Wildman–Crippen MR) is 71.5 cm³/mol. The van der Waals surface area contributed by atoms with Crippen molar-refractivity contribution >= 4 is 27.5 Å². The van der Waals surface area contributed by atoms with Crippen molar-refractivity contribution in [3.8, 4) is 0 Å². The van der Waals surface area contributed by atoms with Crippen molar-refractivity contribution < 1.29 is 13.2 Å². The molecule has 6 heteroatoms. The quantitative estimate of drug-likeness (QED) is 0.789. The van der Waals surface area contributed by atoms with Gasteiger partial charge in [0.2, 0.25) is 0 Å². The summed E-state index contributed by atoms with van der Waals surface area (Å²) in [4.78, 5) is 0. The van der Waals surface area contributed by atoms with E-state index in [0.29, 0.717) is 4.47 Å². The third-order valence-electron chi connectivity index (χ3n) is 2.64. The first-order valence-corrected chi connectivity index (χ1v) is 6.42.